The number of rotatable bonds is 4. The van der Waals surface area contributed by atoms with Gasteiger partial charge in [0.25, 0.3) is 0 Å². The Hall–Kier alpha value is -2.13. The Morgan fingerprint density at radius 1 is 1.00 bits per heavy atom. The van der Waals surface area contributed by atoms with Gasteiger partial charge in [-0.15, -0.1) is 0 Å². The van der Waals surface area contributed by atoms with Gasteiger partial charge in [-0.05, 0) is 43.7 Å². The van der Waals surface area contributed by atoms with E-state index in [0.29, 0.717) is 6.54 Å². The van der Waals surface area contributed by atoms with Crippen molar-refractivity contribution in [3.63, 3.8) is 0 Å². The van der Waals surface area contributed by atoms with Crippen molar-refractivity contribution in [1.29, 1.82) is 0 Å². The molecule has 3 nitrogen and oxygen atoms in total. The summed E-state index contributed by atoms with van der Waals surface area (Å²) in [4.78, 5) is 4.76. The molecule has 0 saturated carbocycles. The molecule has 21 heavy (non-hydrogen) atoms. The van der Waals surface area contributed by atoms with E-state index in [0.717, 1.165) is 24.3 Å². The highest BCUT2D eigenvalue weighted by Gasteiger charge is 2.10. The van der Waals surface area contributed by atoms with Crippen LogP contribution in [-0.4, -0.2) is 16.1 Å². The summed E-state index contributed by atoms with van der Waals surface area (Å²) in [6.45, 7) is 5.67. The van der Waals surface area contributed by atoms with E-state index < -0.39 is 0 Å². The zero-order chi connectivity index (χ0) is 14.8. The number of aryl methyl sites for hydroxylation is 2. The predicted octanol–water partition coefficient (Wildman–Crippen LogP) is 3.20. The Morgan fingerprint density at radius 3 is 2.43 bits per heavy atom. The molecule has 0 aliphatic carbocycles. The molecule has 108 valence electrons. The normalized spacial score (nSPS) is 11.2. The molecule has 1 heterocycles. The van der Waals surface area contributed by atoms with Gasteiger partial charge in [-0.3, -0.25) is 0 Å². The van der Waals surface area contributed by atoms with Gasteiger partial charge in [0.2, 0.25) is 0 Å². The Bertz CT molecular complexity index is 754. The zero-order valence-corrected chi connectivity index (χ0v) is 12.6. The minimum absolute atomic E-state index is 0.621. The first-order valence-corrected chi connectivity index (χ1v) is 7.39. The summed E-state index contributed by atoms with van der Waals surface area (Å²) in [5.41, 5.74) is 11.8. The molecule has 0 spiro atoms. The molecular formula is C18H21N3. The standard InChI is InChI=1S/C18H21N3/c1-13-3-6-15(7-4-13)12-21-17-8-5-14(2)11-16(17)20-18(21)9-10-19/h3-8,11H,9-10,12,19H2,1-2H3. The van der Waals surface area contributed by atoms with Crippen molar-refractivity contribution >= 4 is 11.0 Å². The average molecular weight is 279 g/mol. The van der Waals surface area contributed by atoms with Crippen molar-refractivity contribution in [3.8, 4) is 0 Å². The number of nitrogens with zero attached hydrogens (tertiary/aromatic N) is 2. The number of hydrogen-bond donors (Lipinski definition) is 1. The molecule has 0 aliphatic heterocycles. The lowest BCUT2D eigenvalue weighted by molar-refractivity contribution is 0.734. The summed E-state index contributed by atoms with van der Waals surface area (Å²) in [6.07, 6.45) is 0.805. The van der Waals surface area contributed by atoms with Crippen LogP contribution in [0.3, 0.4) is 0 Å². The van der Waals surface area contributed by atoms with Gasteiger partial charge in [0.05, 0.1) is 11.0 Å². The van der Waals surface area contributed by atoms with E-state index >= 15 is 0 Å². The van der Waals surface area contributed by atoms with Gasteiger partial charge < -0.3 is 10.3 Å². The Kier molecular flexibility index (Phi) is 3.76. The number of benzene rings is 2. The van der Waals surface area contributed by atoms with Crippen LogP contribution in [0.15, 0.2) is 42.5 Å². The lowest BCUT2D eigenvalue weighted by Crippen LogP contribution is -2.10. The molecule has 0 fully saturated rings. The summed E-state index contributed by atoms with van der Waals surface area (Å²) >= 11 is 0. The molecule has 3 heteroatoms. The summed E-state index contributed by atoms with van der Waals surface area (Å²) < 4.78 is 2.28. The van der Waals surface area contributed by atoms with E-state index in [-0.39, 0.29) is 0 Å². The minimum atomic E-state index is 0.621. The summed E-state index contributed by atoms with van der Waals surface area (Å²) in [6, 6.07) is 15.1. The molecule has 3 rings (SSSR count). The largest absolute Gasteiger partial charge is 0.330 e. The summed E-state index contributed by atoms with van der Waals surface area (Å²) in [5.74, 6) is 1.07. The molecule has 0 atom stereocenters. The smallest absolute Gasteiger partial charge is 0.111 e. The average Bonchev–Trinajstić information content (AvgIpc) is 2.79. The van der Waals surface area contributed by atoms with Crippen LogP contribution in [0.1, 0.15) is 22.5 Å². The van der Waals surface area contributed by atoms with E-state index in [1.54, 1.807) is 0 Å². The van der Waals surface area contributed by atoms with E-state index in [9.17, 15) is 0 Å². The first-order chi connectivity index (χ1) is 10.2. The number of nitrogens with two attached hydrogens (primary N) is 1. The summed E-state index contributed by atoms with van der Waals surface area (Å²) in [5, 5.41) is 0. The molecule has 0 radical (unpaired) electrons. The fourth-order valence-electron chi connectivity index (χ4n) is 2.66. The monoisotopic (exact) mass is 279 g/mol. The van der Waals surface area contributed by atoms with Gasteiger partial charge >= 0.3 is 0 Å². The van der Waals surface area contributed by atoms with Crippen LogP contribution in [0.2, 0.25) is 0 Å². The quantitative estimate of drug-likeness (QED) is 0.797. The van der Waals surface area contributed by atoms with Crippen molar-refractivity contribution < 1.29 is 0 Å². The molecule has 0 unspecified atom stereocenters. The van der Waals surface area contributed by atoms with E-state index in [2.05, 4.69) is 60.9 Å². The highest BCUT2D eigenvalue weighted by molar-refractivity contribution is 5.77. The molecular weight excluding hydrogens is 258 g/mol. The summed E-state index contributed by atoms with van der Waals surface area (Å²) in [7, 11) is 0. The van der Waals surface area contributed by atoms with E-state index in [4.69, 9.17) is 10.7 Å². The molecule has 0 aliphatic rings. The van der Waals surface area contributed by atoms with Crippen LogP contribution in [0.25, 0.3) is 11.0 Å². The second-order valence-corrected chi connectivity index (χ2v) is 5.63. The van der Waals surface area contributed by atoms with Crippen molar-refractivity contribution in [2.45, 2.75) is 26.8 Å². The first-order valence-electron chi connectivity index (χ1n) is 7.39. The van der Waals surface area contributed by atoms with Gasteiger partial charge in [-0.1, -0.05) is 35.9 Å². The van der Waals surface area contributed by atoms with Crippen molar-refractivity contribution in [2.24, 2.45) is 5.73 Å². The highest BCUT2D eigenvalue weighted by Crippen LogP contribution is 2.20. The number of hydrogen-bond acceptors (Lipinski definition) is 2. The predicted molar refractivity (Wildman–Crippen MR) is 87.5 cm³/mol. The maximum atomic E-state index is 5.74. The molecule has 0 amide bonds. The zero-order valence-electron chi connectivity index (χ0n) is 12.6. The SMILES string of the molecule is Cc1ccc(Cn2c(CCN)nc3cc(C)ccc32)cc1. The van der Waals surface area contributed by atoms with Gasteiger partial charge in [0.15, 0.2) is 0 Å². The van der Waals surface area contributed by atoms with Crippen molar-refractivity contribution in [1.82, 2.24) is 9.55 Å². The lowest BCUT2D eigenvalue weighted by Gasteiger charge is -2.09. The number of aromatic nitrogens is 2. The third-order valence-electron chi connectivity index (χ3n) is 3.81. The van der Waals surface area contributed by atoms with Crippen LogP contribution in [0, 0.1) is 13.8 Å². The molecule has 3 aromatic rings. The molecule has 0 saturated heterocycles. The molecule has 2 aromatic carbocycles. The van der Waals surface area contributed by atoms with E-state index in [1.807, 2.05) is 0 Å². The Morgan fingerprint density at radius 2 is 1.71 bits per heavy atom. The van der Waals surface area contributed by atoms with Crippen LogP contribution >= 0.6 is 0 Å². The fourth-order valence-corrected chi connectivity index (χ4v) is 2.66. The van der Waals surface area contributed by atoms with Gasteiger partial charge in [0, 0.05) is 13.0 Å². The molecule has 1 aromatic heterocycles. The second-order valence-electron chi connectivity index (χ2n) is 5.63. The van der Waals surface area contributed by atoms with E-state index in [1.165, 1.54) is 22.2 Å². The highest BCUT2D eigenvalue weighted by atomic mass is 15.1. The van der Waals surface area contributed by atoms with Crippen LogP contribution in [-0.2, 0) is 13.0 Å². The lowest BCUT2D eigenvalue weighted by atomic mass is 10.1. The first kappa shape index (κ1) is 13.8. The van der Waals surface area contributed by atoms with Gasteiger partial charge in [0.1, 0.15) is 5.82 Å². The van der Waals surface area contributed by atoms with Gasteiger partial charge in [-0.2, -0.15) is 0 Å². The second kappa shape index (κ2) is 5.70. The van der Waals surface area contributed by atoms with Crippen molar-refractivity contribution in [2.75, 3.05) is 6.54 Å². The van der Waals surface area contributed by atoms with Crippen LogP contribution in [0.5, 0.6) is 0 Å². The fraction of sp³-hybridized carbons (Fsp3) is 0.278. The third kappa shape index (κ3) is 2.83. The van der Waals surface area contributed by atoms with Crippen LogP contribution < -0.4 is 5.73 Å². The van der Waals surface area contributed by atoms with Gasteiger partial charge in [-0.25, -0.2) is 4.98 Å². The maximum absolute atomic E-state index is 5.74. The third-order valence-corrected chi connectivity index (χ3v) is 3.81. The van der Waals surface area contributed by atoms with Crippen LogP contribution in [0.4, 0.5) is 0 Å². The maximum Gasteiger partial charge on any atom is 0.111 e. The molecule has 0 bridgehead atoms. The number of fused-ring (bicyclic) bond motifs is 1. The minimum Gasteiger partial charge on any atom is -0.330 e. The Labute approximate surface area is 125 Å². The number of imidazole rings is 1. The topological polar surface area (TPSA) is 43.8 Å². The van der Waals surface area contributed by atoms with Crippen molar-refractivity contribution in [3.05, 3.63) is 65.0 Å². The molecule has 2 N–H and O–H groups in total. The Balaban J connectivity index is 2.06.